The zero-order chi connectivity index (χ0) is 37.7. The number of fused-ring (bicyclic) bond motifs is 1. The van der Waals surface area contributed by atoms with E-state index in [-0.39, 0.29) is 42.2 Å². The number of anilines is 3. The second-order valence-corrected chi connectivity index (χ2v) is 15.7. The lowest BCUT2D eigenvalue weighted by molar-refractivity contribution is -0.136. The first kappa shape index (κ1) is 35.5. The van der Waals surface area contributed by atoms with Crippen LogP contribution in [-0.4, -0.2) is 46.9 Å². The number of hydrogen-bond acceptors (Lipinski definition) is 8. The van der Waals surface area contributed by atoms with Crippen molar-refractivity contribution in [3.05, 3.63) is 94.1 Å². The van der Waals surface area contributed by atoms with E-state index in [1.807, 2.05) is 13.8 Å². The number of nitrogens with zero attached hydrogens (tertiary/aromatic N) is 4. The summed E-state index contributed by atoms with van der Waals surface area (Å²) in [5, 5.41) is 19.6. The third-order valence-corrected chi connectivity index (χ3v) is 12.1. The SMILES string of the molecule is Cc1ccc(-c2c(C)noc2C)cc1N(C[C@H]1CC[C@H](CNc2cc3c(cc2F)C(=O)N(C2CCC(=O)NC2=O)C3)CC1)c1ccc(C2(C#N)CC2)cc1. The molecule has 278 valence electrons. The molecule has 4 aromatic rings. The molecule has 1 aromatic heterocycles. The van der Waals surface area contributed by atoms with Crippen LogP contribution >= 0.6 is 0 Å². The third-order valence-electron chi connectivity index (χ3n) is 12.1. The summed E-state index contributed by atoms with van der Waals surface area (Å²) in [7, 11) is 0. The number of halogens is 1. The highest BCUT2D eigenvalue weighted by molar-refractivity contribution is 6.05. The minimum atomic E-state index is -0.735. The van der Waals surface area contributed by atoms with Crippen LogP contribution in [-0.2, 0) is 21.5 Å². The van der Waals surface area contributed by atoms with Crippen LogP contribution in [0, 0.1) is 49.8 Å². The van der Waals surface area contributed by atoms with Gasteiger partial charge >= 0.3 is 0 Å². The summed E-state index contributed by atoms with van der Waals surface area (Å²) in [5.41, 5.74) is 8.39. The Hall–Kier alpha value is -5.50. The summed E-state index contributed by atoms with van der Waals surface area (Å²) in [4.78, 5) is 41.1. The molecule has 2 N–H and O–H groups in total. The van der Waals surface area contributed by atoms with E-state index in [0.717, 1.165) is 84.6 Å². The Morgan fingerprint density at radius 3 is 2.41 bits per heavy atom. The van der Waals surface area contributed by atoms with Crippen molar-refractivity contribution < 1.29 is 23.3 Å². The zero-order valence-electron chi connectivity index (χ0n) is 31.0. The summed E-state index contributed by atoms with van der Waals surface area (Å²) in [6.07, 6.45) is 6.32. The molecule has 0 spiro atoms. The van der Waals surface area contributed by atoms with Crippen LogP contribution in [0.4, 0.5) is 21.5 Å². The van der Waals surface area contributed by atoms with Crippen LogP contribution in [0.25, 0.3) is 11.1 Å². The fourth-order valence-electron chi connectivity index (χ4n) is 8.70. The van der Waals surface area contributed by atoms with Crippen molar-refractivity contribution in [2.75, 3.05) is 23.3 Å². The van der Waals surface area contributed by atoms with Crippen LogP contribution in [0.1, 0.15) is 89.9 Å². The van der Waals surface area contributed by atoms with Crippen molar-refractivity contribution in [3.63, 3.8) is 0 Å². The van der Waals surface area contributed by atoms with Crippen LogP contribution in [0.2, 0.25) is 0 Å². The molecule has 1 saturated heterocycles. The van der Waals surface area contributed by atoms with Crippen molar-refractivity contribution in [2.24, 2.45) is 11.8 Å². The van der Waals surface area contributed by atoms with E-state index in [0.29, 0.717) is 29.6 Å². The highest BCUT2D eigenvalue weighted by atomic mass is 19.1. The van der Waals surface area contributed by atoms with Gasteiger partial charge in [0.05, 0.1) is 22.9 Å². The smallest absolute Gasteiger partial charge is 0.255 e. The summed E-state index contributed by atoms with van der Waals surface area (Å²) in [5.74, 6) is -0.0876. The molecule has 3 aromatic carbocycles. The average molecular weight is 729 g/mol. The maximum atomic E-state index is 15.3. The van der Waals surface area contributed by atoms with E-state index >= 15 is 4.39 Å². The van der Waals surface area contributed by atoms with E-state index in [9.17, 15) is 19.6 Å². The number of aromatic nitrogens is 1. The van der Waals surface area contributed by atoms with Crippen molar-refractivity contribution in [1.29, 1.82) is 5.26 Å². The Morgan fingerprint density at radius 2 is 1.74 bits per heavy atom. The molecule has 10 nitrogen and oxygen atoms in total. The lowest BCUT2D eigenvalue weighted by Gasteiger charge is -2.35. The number of aryl methyl sites for hydroxylation is 3. The molecule has 3 heterocycles. The highest BCUT2D eigenvalue weighted by Crippen LogP contribution is 2.48. The number of carbonyl (C=O) groups is 3. The van der Waals surface area contributed by atoms with Crippen LogP contribution < -0.4 is 15.5 Å². The van der Waals surface area contributed by atoms with E-state index in [2.05, 4.69) is 76.1 Å². The zero-order valence-corrected chi connectivity index (χ0v) is 31.0. The summed E-state index contributed by atoms with van der Waals surface area (Å²) in [6, 6.07) is 19.9. The largest absolute Gasteiger partial charge is 0.382 e. The molecule has 1 atom stereocenters. The minimum Gasteiger partial charge on any atom is -0.382 e. The van der Waals surface area contributed by atoms with Crippen molar-refractivity contribution >= 4 is 34.8 Å². The Balaban J connectivity index is 0.949. The monoisotopic (exact) mass is 728 g/mol. The molecule has 54 heavy (non-hydrogen) atoms. The predicted octanol–water partition coefficient (Wildman–Crippen LogP) is 7.78. The lowest BCUT2D eigenvalue weighted by Crippen LogP contribution is -2.52. The van der Waals surface area contributed by atoms with E-state index in [1.54, 1.807) is 6.07 Å². The predicted molar refractivity (Wildman–Crippen MR) is 203 cm³/mol. The number of carbonyl (C=O) groups excluding carboxylic acids is 3. The number of nitrogens with one attached hydrogen (secondary N) is 2. The Morgan fingerprint density at radius 1 is 1.00 bits per heavy atom. The molecule has 0 bridgehead atoms. The summed E-state index contributed by atoms with van der Waals surface area (Å²) >= 11 is 0. The molecule has 11 heteroatoms. The molecule has 1 unspecified atom stereocenters. The van der Waals surface area contributed by atoms with Crippen molar-refractivity contribution in [3.8, 4) is 17.2 Å². The number of benzene rings is 3. The first-order valence-corrected chi connectivity index (χ1v) is 19.1. The summed E-state index contributed by atoms with van der Waals surface area (Å²) in [6.45, 7) is 7.73. The molecule has 4 aliphatic rings. The van der Waals surface area contributed by atoms with Gasteiger partial charge in [0, 0.05) is 48.6 Å². The first-order valence-electron chi connectivity index (χ1n) is 19.1. The minimum absolute atomic E-state index is 0.172. The number of piperidine rings is 1. The van der Waals surface area contributed by atoms with E-state index < -0.39 is 17.8 Å². The van der Waals surface area contributed by atoms with Gasteiger partial charge in [0.2, 0.25) is 11.8 Å². The van der Waals surface area contributed by atoms with E-state index in [1.165, 1.54) is 16.5 Å². The molecular formula is C43H45FN6O4. The average Bonchev–Trinajstić information content (AvgIpc) is 3.82. The quantitative estimate of drug-likeness (QED) is 0.158. The van der Waals surface area contributed by atoms with Gasteiger partial charge in [0.15, 0.2) is 0 Å². The van der Waals surface area contributed by atoms with E-state index in [4.69, 9.17) is 4.52 Å². The molecule has 2 aliphatic carbocycles. The number of imide groups is 1. The van der Waals surface area contributed by atoms with Gasteiger partial charge in [-0.1, -0.05) is 29.4 Å². The Labute approximate surface area is 314 Å². The second kappa shape index (κ2) is 14.0. The maximum absolute atomic E-state index is 15.3. The van der Waals surface area contributed by atoms with Gasteiger partial charge in [-0.15, -0.1) is 0 Å². The van der Waals surface area contributed by atoms with Crippen LogP contribution in [0.15, 0.2) is 59.1 Å². The van der Waals surface area contributed by atoms with Gasteiger partial charge in [-0.25, -0.2) is 4.39 Å². The molecule has 0 radical (unpaired) electrons. The number of nitriles is 1. The highest BCUT2D eigenvalue weighted by Gasteiger charge is 2.45. The fraction of sp³-hybridized carbons (Fsp3) is 0.419. The number of hydrogen-bond donors (Lipinski definition) is 2. The van der Waals surface area contributed by atoms with Gasteiger partial charge in [0.25, 0.3) is 5.91 Å². The first-order chi connectivity index (χ1) is 26.0. The molecule has 3 fully saturated rings. The standard InChI is InChI=1S/C43H45FN6O4/c1-25-4-9-30(40-26(2)48-54-27(40)3)19-38(25)49(33-12-10-32(11-13-33)43(24-45)16-17-43)22-29-7-5-28(6-8-29)21-46-36-18-31-23-50(42(53)34(31)20-35(36)44)37-14-15-39(51)47-41(37)52/h4,9-13,18-20,28-29,37,46H,5-8,14-17,21-23H2,1-3H3,(H,47,51,52)/t28-,29-,37?. The molecular weight excluding hydrogens is 684 g/mol. The van der Waals surface area contributed by atoms with Gasteiger partial charge in [-0.05, 0) is 130 Å². The molecule has 3 amide bonds. The fourth-order valence-corrected chi connectivity index (χ4v) is 8.70. The molecule has 2 aliphatic heterocycles. The van der Waals surface area contributed by atoms with Crippen LogP contribution in [0.3, 0.4) is 0 Å². The normalized spacial score (nSPS) is 21.7. The van der Waals surface area contributed by atoms with Gasteiger partial charge in [-0.2, -0.15) is 5.26 Å². The lowest BCUT2D eigenvalue weighted by atomic mass is 9.81. The number of rotatable bonds is 10. The summed E-state index contributed by atoms with van der Waals surface area (Å²) < 4.78 is 20.8. The third kappa shape index (κ3) is 6.63. The van der Waals surface area contributed by atoms with Crippen LogP contribution in [0.5, 0.6) is 0 Å². The molecule has 2 saturated carbocycles. The van der Waals surface area contributed by atoms with Crippen molar-refractivity contribution in [2.45, 2.75) is 90.1 Å². The maximum Gasteiger partial charge on any atom is 0.255 e. The molecule has 8 rings (SSSR count). The van der Waals surface area contributed by atoms with Gasteiger partial charge in [0.1, 0.15) is 17.6 Å². The Kier molecular flexibility index (Phi) is 9.24. The number of amides is 3. The Bertz CT molecular complexity index is 2160. The topological polar surface area (TPSA) is 132 Å². The van der Waals surface area contributed by atoms with Crippen molar-refractivity contribution in [1.82, 2.24) is 15.4 Å². The van der Waals surface area contributed by atoms with Gasteiger partial charge in [-0.3, -0.25) is 19.7 Å². The second-order valence-electron chi connectivity index (χ2n) is 15.7. The van der Waals surface area contributed by atoms with Gasteiger partial charge < -0.3 is 19.6 Å².